The molecule has 0 radical (unpaired) electrons. The van der Waals surface area contributed by atoms with Gasteiger partial charge in [0.25, 0.3) is 0 Å². The molecular weight excluding hydrogens is 289 g/mol. The lowest BCUT2D eigenvalue weighted by atomic mass is 10.2. The molecule has 5 nitrogen and oxygen atoms in total. The predicted molar refractivity (Wildman–Crippen MR) is 69.9 cm³/mol. The highest BCUT2D eigenvalue weighted by Gasteiger charge is 2.30. The Kier molecular flexibility index (Phi) is 5.57. The minimum Gasteiger partial charge on any atom is -0.481 e. The number of benzene rings is 1. The standard InChI is InChI=1S/C13H15F3N2O3/c1-8(5-6-11(19)20)17-12(21)18-10-4-2-3-9(7-10)13(14,15)16/h2-4,7-8H,5-6H2,1H3,(H,19,20)(H2,17,18,21). The van der Waals surface area contributed by atoms with Gasteiger partial charge in [-0.1, -0.05) is 6.07 Å². The molecule has 0 aliphatic carbocycles. The van der Waals surface area contributed by atoms with Crippen molar-refractivity contribution in [2.24, 2.45) is 0 Å². The third-order valence-electron chi connectivity index (χ3n) is 2.62. The summed E-state index contributed by atoms with van der Waals surface area (Å²) in [6.45, 7) is 1.61. The Morgan fingerprint density at radius 2 is 2.00 bits per heavy atom. The van der Waals surface area contributed by atoms with Crippen LogP contribution in [-0.4, -0.2) is 23.1 Å². The monoisotopic (exact) mass is 304 g/mol. The van der Waals surface area contributed by atoms with E-state index in [1.165, 1.54) is 12.1 Å². The number of carboxylic acid groups (broad SMARTS) is 1. The van der Waals surface area contributed by atoms with E-state index in [0.29, 0.717) is 0 Å². The number of anilines is 1. The molecule has 3 N–H and O–H groups in total. The molecule has 21 heavy (non-hydrogen) atoms. The molecule has 2 amide bonds. The molecule has 0 saturated heterocycles. The van der Waals surface area contributed by atoms with E-state index in [1.807, 2.05) is 0 Å². The molecule has 0 bridgehead atoms. The average Bonchev–Trinajstić information content (AvgIpc) is 2.35. The number of hydrogen-bond donors (Lipinski definition) is 3. The number of nitrogens with one attached hydrogen (secondary N) is 2. The summed E-state index contributed by atoms with van der Waals surface area (Å²) in [4.78, 5) is 22.0. The molecule has 1 rings (SSSR count). The van der Waals surface area contributed by atoms with Gasteiger partial charge in [-0.25, -0.2) is 4.79 Å². The lowest BCUT2D eigenvalue weighted by Gasteiger charge is -2.14. The number of hydrogen-bond acceptors (Lipinski definition) is 2. The maximum absolute atomic E-state index is 12.5. The fourth-order valence-corrected chi connectivity index (χ4v) is 1.58. The van der Waals surface area contributed by atoms with Crippen molar-refractivity contribution in [2.45, 2.75) is 32.0 Å². The Bertz CT molecular complexity index is 518. The van der Waals surface area contributed by atoms with Crippen LogP contribution >= 0.6 is 0 Å². The first kappa shape index (κ1) is 16.8. The van der Waals surface area contributed by atoms with Gasteiger partial charge in [0.1, 0.15) is 0 Å². The number of alkyl halides is 3. The van der Waals surface area contributed by atoms with Crippen LogP contribution in [0.2, 0.25) is 0 Å². The van der Waals surface area contributed by atoms with Crippen LogP contribution in [0.25, 0.3) is 0 Å². The first-order valence-electron chi connectivity index (χ1n) is 6.15. The molecule has 116 valence electrons. The lowest BCUT2D eigenvalue weighted by Crippen LogP contribution is -2.36. The molecule has 1 unspecified atom stereocenters. The molecule has 0 fully saturated rings. The van der Waals surface area contributed by atoms with Gasteiger partial charge in [-0.2, -0.15) is 13.2 Å². The summed E-state index contributed by atoms with van der Waals surface area (Å²) >= 11 is 0. The van der Waals surface area contributed by atoms with Crippen LogP contribution in [0.5, 0.6) is 0 Å². The molecule has 8 heteroatoms. The molecule has 1 atom stereocenters. The minimum absolute atomic E-state index is 0.00718. The van der Waals surface area contributed by atoms with Crippen molar-refractivity contribution < 1.29 is 27.9 Å². The van der Waals surface area contributed by atoms with Crippen molar-refractivity contribution >= 4 is 17.7 Å². The van der Waals surface area contributed by atoms with E-state index in [2.05, 4.69) is 10.6 Å². The van der Waals surface area contributed by atoms with Crippen molar-refractivity contribution in [3.63, 3.8) is 0 Å². The van der Waals surface area contributed by atoms with Gasteiger partial charge >= 0.3 is 18.2 Å². The molecule has 0 saturated carbocycles. The number of amides is 2. The second-order valence-corrected chi connectivity index (χ2v) is 4.51. The summed E-state index contributed by atoms with van der Waals surface area (Å²) in [5.41, 5.74) is -0.855. The van der Waals surface area contributed by atoms with Gasteiger partial charge in [-0.15, -0.1) is 0 Å². The quantitative estimate of drug-likeness (QED) is 0.782. The fourth-order valence-electron chi connectivity index (χ4n) is 1.58. The zero-order valence-corrected chi connectivity index (χ0v) is 11.2. The Morgan fingerprint density at radius 1 is 1.33 bits per heavy atom. The molecule has 0 spiro atoms. The van der Waals surface area contributed by atoms with Gasteiger partial charge in [-0.3, -0.25) is 4.79 Å². The van der Waals surface area contributed by atoms with Crippen molar-refractivity contribution in [3.8, 4) is 0 Å². The SMILES string of the molecule is CC(CCC(=O)O)NC(=O)Nc1cccc(C(F)(F)F)c1. The Morgan fingerprint density at radius 3 is 2.57 bits per heavy atom. The third-order valence-corrected chi connectivity index (χ3v) is 2.62. The molecule has 1 aromatic rings. The molecule has 0 heterocycles. The van der Waals surface area contributed by atoms with E-state index >= 15 is 0 Å². The summed E-state index contributed by atoms with van der Waals surface area (Å²) in [6, 6.07) is 3.14. The van der Waals surface area contributed by atoms with Gasteiger partial charge < -0.3 is 15.7 Å². The Labute approximate surface area is 119 Å². The van der Waals surface area contributed by atoms with Crippen molar-refractivity contribution in [1.29, 1.82) is 0 Å². The fraction of sp³-hybridized carbons (Fsp3) is 0.385. The highest BCUT2D eigenvalue weighted by atomic mass is 19.4. The van der Waals surface area contributed by atoms with E-state index in [0.717, 1.165) is 12.1 Å². The second-order valence-electron chi connectivity index (χ2n) is 4.51. The van der Waals surface area contributed by atoms with Crippen LogP contribution in [0.1, 0.15) is 25.3 Å². The Hall–Kier alpha value is -2.25. The van der Waals surface area contributed by atoms with Crippen LogP contribution < -0.4 is 10.6 Å². The van der Waals surface area contributed by atoms with Gasteiger partial charge in [-0.05, 0) is 31.5 Å². The van der Waals surface area contributed by atoms with Gasteiger partial charge in [0.05, 0.1) is 5.56 Å². The minimum atomic E-state index is -4.48. The number of carboxylic acids is 1. The largest absolute Gasteiger partial charge is 0.481 e. The van der Waals surface area contributed by atoms with E-state index in [-0.39, 0.29) is 18.5 Å². The zero-order valence-electron chi connectivity index (χ0n) is 11.2. The average molecular weight is 304 g/mol. The lowest BCUT2D eigenvalue weighted by molar-refractivity contribution is -0.138. The third kappa shape index (κ3) is 6.15. The van der Waals surface area contributed by atoms with Crippen LogP contribution in [0.15, 0.2) is 24.3 Å². The maximum atomic E-state index is 12.5. The van der Waals surface area contributed by atoms with E-state index in [1.54, 1.807) is 6.92 Å². The normalized spacial score (nSPS) is 12.6. The van der Waals surface area contributed by atoms with Crippen LogP contribution in [0.3, 0.4) is 0 Å². The van der Waals surface area contributed by atoms with Gasteiger partial charge in [0.15, 0.2) is 0 Å². The molecule has 0 aliphatic rings. The highest BCUT2D eigenvalue weighted by molar-refractivity contribution is 5.89. The highest BCUT2D eigenvalue weighted by Crippen LogP contribution is 2.30. The maximum Gasteiger partial charge on any atom is 0.416 e. The summed E-state index contributed by atoms with van der Waals surface area (Å²) < 4.78 is 37.5. The predicted octanol–water partition coefficient (Wildman–Crippen LogP) is 3.08. The van der Waals surface area contributed by atoms with E-state index < -0.39 is 29.8 Å². The Balaban J connectivity index is 2.57. The van der Waals surface area contributed by atoms with Crippen molar-refractivity contribution in [2.75, 3.05) is 5.32 Å². The van der Waals surface area contributed by atoms with Crippen molar-refractivity contribution in [1.82, 2.24) is 5.32 Å². The second kappa shape index (κ2) is 6.96. The molecular formula is C13H15F3N2O3. The molecule has 0 aliphatic heterocycles. The summed E-state index contributed by atoms with van der Waals surface area (Å²) in [6.07, 6.45) is -4.36. The first-order valence-corrected chi connectivity index (χ1v) is 6.15. The summed E-state index contributed by atoms with van der Waals surface area (Å²) in [5.74, 6) is -0.984. The number of urea groups is 1. The summed E-state index contributed by atoms with van der Waals surface area (Å²) in [7, 11) is 0. The number of carbonyl (C=O) groups is 2. The van der Waals surface area contributed by atoms with Crippen LogP contribution in [0.4, 0.5) is 23.7 Å². The molecule has 1 aromatic carbocycles. The first-order chi connectivity index (χ1) is 9.68. The van der Waals surface area contributed by atoms with Gasteiger partial charge in [0.2, 0.25) is 0 Å². The number of carbonyl (C=O) groups excluding carboxylic acids is 1. The van der Waals surface area contributed by atoms with Crippen LogP contribution in [-0.2, 0) is 11.0 Å². The van der Waals surface area contributed by atoms with Gasteiger partial charge in [0, 0.05) is 18.2 Å². The van der Waals surface area contributed by atoms with Crippen molar-refractivity contribution in [3.05, 3.63) is 29.8 Å². The topological polar surface area (TPSA) is 78.4 Å². The summed E-state index contributed by atoms with van der Waals surface area (Å²) in [5, 5.41) is 13.2. The van der Waals surface area contributed by atoms with Crippen LogP contribution in [0, 0.1) is 0 Å². The number of aliphatic carboxylic acids is 1. The van der Waals surface area contributed by atoms with E-state index in [9.17, 15) is 22.8 Å². The molecule has 0 aromatic heterocycles. The zero-order chi connectivity index (χ0) is 16.0. The smallest absolute Gasteiger partial charge is 0.416 e. The van der Waals surface area contributed by atoms with E-state index in [4.69, 9.17) is 5.11 Å². The number of rotatable bonds is 5. The number of halogens is 3.